The molecule has 0 aliphatic heterocycles. The molecule has 0 aliphatic rings. The third-order valence-electron chi connectivity index (χ3n) is 3.63. The lowest BCUT2D eigenvalue weighted by Crippen LogP contribution is -2.32. The summed E-state index contributed by atoms with van der Waals surface area (Å²) in [7, 11) is 0. The molecule has 112 valence electrons. The van der Waals surface area contributed by atoms with E-state index in [0.717, 1.165) is 21.8 Å². The van der Waals surface area contributed by atoms with Crippen molar-refractivity contribution in [3.8, 4) is 0 Å². The number of carbonyl (C=O) groups is 1. The maximum atomic E-state index is 12.2. The molecule has 2 N–H and O–H groups in total. The van der Waals surface area contributed by atoms with E-state index in [1.807, 2.05) is 32.9 Å². The van der Waals surface area contributed by atoms with Gasteiger partial charge in [-0.2, -0.15) is 0 Å². The van der Waals surface area contributed by atoms with Crippen molar-refractivity contribution >= 4 is 28.1 Å². The Bertz CT molecular complexity index is 644. The molecule has 0 aliphatic carbocycles. The average molecular weight is 303 g/mol. The van der Waals surface area contributed by atoms with Crippen LogP contribution in [0.15, 0.2) is 18.2 Å². The second kappa shape index (κ2) is 6.26. The second-order valence-electron chi connectivity index (χ2n) is 5.26. The van der Waals surface area contributed by atoms with Gasteiger partial charge in [0, 0.05) is 10.6 Å². The summed E-state index contributed by atoms with van der Waals surface area (Å²) >= 11 is 1.50. The van der Waals surface area contributed by atoms with Gasteiger partial charge in [0.05, 0.1) is 5.69 Å². The summed E-state index contributed by atoms with van der Waals surface area (Å²) in [6.45, 7) is 9.91. The quantitative estimate of drug-likeness (QED) is 0.903. The smallest absolute Gasteiger partial charge is 0.248 e. The number of thiazole rings is 1. The number of aromatic nitrogens is 1. The minimum absolute atomic E-state index is 0.0790. The fourth-order valence-electron chi connectivity index (χ4n) is 1.95. The minimum Gasteiger partial charge on any atom is -0.374 e. The van der Waals surface area contributed by atoms with E-state index in [1.54, 1.807) is 0 Å². The number of nitrogens with zero attached hydrogens (tertiary/aromatic N) is 1. The summed E-state index contributed by atoms with van der Waals surface area (Å²) < 4.78 is 0. The lowest BCUT2D eigenvalue weighted by Gasteiger charge is -2.17. The number of carbonyl (C=O) groups excluding carboxylic acids is 1. The van der Waals surface area contributed by atoms with Crippen LogP contribution in [0.4, 0.5) is 10.8 Å². The van der Waals surface area contributed by atoms with E-state index in [1.165, 1.54) is 16.9 Å². The lowest BCUT2D eigenvalue weighted by atomic mass is 10.1. The van der Waals surface area contributed by atoms with Crippen LogP contribution < -0.4 is 10.6 Å². The first kappa shape index (κ1) is 15.5. The van der Waals surface area contributed by atoms with Crippen molar-refractivity contribution in [2.75, 3.05) is 10.6 Å². The monoisotopic (exact) mass is 303 g/mol. The number of amides is 1. The molecular formula is C16H21N3OS. The molecule has 1 atom stereocenters. The van der Waals surface area contributed by atoms with Crippen molar-refractivity contribution < 1.29 is 4.79 Å². The highest BCUT2D eigenvalue weighted by molar-refractivity contribution is 7.15. The zero-order valence-corrected chi connectivity index (χ0v) is 13.9. The Kier molecular flexibility index (Phi) is 4.63. The van der Waals surface area contributed by atoms with Gasteiger partial charge in [0.25, 0.3) is 0 Å². The molecule has 2 rings (SSSR count). The summed E-state index contributed by atoms with van der Waals surface area (Å²) in [5, 5.41) is 6.78. The molecule has 0 fully saturated rings. The summed E-state index contributed by atoms with van der Waals surface area (Å²) in [5.41, 5.74) is 4.33. The number of hydrogen-bond donors (Lipinski definition) is 2. The van der Waals surface area contributed by atoms with Crippen LogP contribution in [0, 0.1) is 27.7 Å². The first-order chi connectivity index (χ1) is 9.88. The molecule has 1 aromatic carbocycles. The van der Waals surface area contributed by atoms with Crippen molar-refractivity contribution in [3.05, 3.63) is 39.9 Å². The Morgan fingerprint density at radius 3 is 2.57 bits per heavy atom. The molecule has 1 heterocycles. The number of benzene rings is 1. The predicted octanol–water partition coefficient (Wildman–Crippen LogP) is 3.82. The van der Waals surface area contributed by atoms with E-state index < -0.39 is 0 Å². The number of hydrogen-bond acceptors (Lipinski definition) is 4. The van der Waals surface area contributed by atoms with E-state index in [4.69, 9.17) is 0 Å². The third kappa shape index (κ3) is 3.61. The molecule has 0 spiro atoms. The van der Waals surface area contributed by atoms with E-state index in [-0.39, 0.29) is 11.9 Å². The molecule has 0 saturated carbocycles. The minimum atomic E-state index is -0.324. The van der Waals surface area contributed by atoms with Gasteiger partial charge >= 0.3 is 0 Å². The number of nitrogens with one attached hydrogen (secondary N) is 2. The largest absolute Gasteiger partial charge is 0.374 e. The van der Waals surface area contributed by atoms with Crippen molar-refractivity contribution in [3.63, 3.8) is 0 Å². The van der Waals surface area contributed by atoms with Gasteiger partial charge in [-0.05, 0) is 51.8 Å². The van der Waals surface area contributed by atoms with E-state index in [2.05, 4.69) is 35.5 Å². The highest BCUT2D eigenvalue weighted by Crippen LogP contribution is 2.22. The van der Waals surface area contributed by atoms with Crippen LogP contribution >= 0.6 is 11.3 Å². The normalized spacial score (nSPS) is 12.0. The molecule has 1 amide bonds. The van der Waals surface area contributed by atoms with Crippen molar-refractivity contribution in [1.29, 1.82) is 0 Å². The van der Waals surface area contributed by atoms with Crippen LogP contribution in [-0.2, 0) is 4.79 Å². The molecule has 5 heteroatoms. The summed E-state index contributed by atoms with van der Waals surface area (Å²) in [6, 6.07) is 5.72. The van der Waals surface area contributed by atoms with Gasteiger partial charge in [-0.3, -0.25) is 4.79 Å². The summed E-state index contributed by atoms with van der Waals surface area (Å²) in [6.07, 6.45) is 0. The Morgan fingerprint density at radius 1 is 1.24 bits per heavy atom. The predicted molar refractivity (Wildman–Crippen MR) is 89.2 cm³/mol. The van der Waals surface area contributed by atoms with Gasteiger partial charge in [-0.25, -0.2) is 4.98 Å². The van der Waals surface area contributed by atoms with E-state index >= 15 is 0 Å². The number of rotatable bonds is 4. The Labute approximate surface area is 129 Å². The first-order valence-corrected chi connectivity index (χ1v) is 7.77. The fourth-order valence-corrected chi connectivity index (χ4v) is 2.76. The maximum Gasteiger partial charge on any atom is 0.248 e. The summed E-state index contributed by atoms with van der Waals surface area (Å²) in [5.74, 6) is -0.0790. The number of aryl methyl sites for hydroxylation is 3. The van der Waals surface area contributed by atoms with Gasteiger partial charge in [-0.15, -0.1) is 11.3 Å². The van der Waals surface area contributed by atoms with Gasteiger partial charge < -0.3 is 10.6 Å². The Balaban J connectivity index is 2.04. The topological polar surface area (TPSA) is 54.0 Å². The van der Waals surface area contributed by atoms with Crippen LogP contribution in [-0.4, -0.2) is 16.9 Å². The lowest BCUT2D eigenvalue weighted by molar-refractivity contribution is -0.116. The number of anilines is 2. The van der Waals surface area contributed by atoms with Crippen LogP contribution in [0.5, 0.6) is 0 Å². The highest BCUT2D eigenvalue weighted by atomic mass is 32.1. The summed E-state index contributed by atoms with van der Waals surface area (Å²) in [4.78, 5) is 17.7. The standard InChI is InChI=1S/C16H21N3OS/c1-9-7-6-8-14(10(9)2)17-12(4)15(20)19-16-18-11(3)13(5)21-16/h6-8,12,17H,1-5H3,(H,18,19,20). The van der Waals surface area contributed by atoms with Gasteiger partial charge in [0.15, 0.2) is 5.13 Å². The molecule has 21 heavy (non-hydrogen) atoms. The molecule has 0 radical (unpaired) electrons. The van der Waals surface area contributed by atoms with Crippen molar-refractivity contribution in [2.24, 2.45) is 0 Å². The maximum absolute atomic E-state index is 12.2. The molecule has 0 saturated heterocycles. The SMILES string of the molecule is Cc1cccc(NC(C)C(=O)Nc2nc(C)c(C)s2)c1C. The molecule has 4 nitrogen and oxygen atoms in total. The average Bonchev–Trinajstić information content (AvgIpc) is 2.73. The van der Waals surface area contributed by atoms with Crippen molar-refractivity contribution in [1.82, 2.24) is 4.98 Å². The van der Waals surface area contributed by atoms with E-state index in [0.29, 0.717) is 5.13 Å². The molecule has 0 bridgehead atoms. The van der Waals surface area contributed by atoms with Crippen LogP contribution in [0.1, 0.15) is 28.6 Å². The van der Waals surface area contributed by atoms with Crippen LogP contribution in [0.25, 0.3) is 0 Å². The van der Waals surface area contributed by atoms with E-state index in [9.17, 15) is 4.79 Å². The first-order valence-electron chi connectivity index (χ1n) is 6.96. The zero-order chi connectivity index (χ0) is 15.6. The molecule has 1 aromatic heterocycles. The molecule has 1 unspecified atom stereocenters. The van der Waals surface area contributed by atoms with Gasteiger partial charge in [0.2, 0.25) is 5.91 Å². The second-order valence-corrected chi connectivity index (χ2v) is 6.47. The molecule has 2 aromatic rings. The highest BCUT2D eigenvalue weighted by Gasteiger charge is 2.16. The third-order valence-corrected chi connectivity index (χ3v) is 4.62. The fraction of sp³-hybridized carbons (Fsp3) is 0.375. The van der Waals surface area contributed by atoms with Crippen molar-refractivity contribution in [2.45, 2.75) is 40.7 Å². The zero-order valence-electron chi connectivity index (χ0n) is 13.1. The van der Waals surface area contributed by atoms with Gasteiger partial charge in [0.1, 0.15) is 6.04 Å². The Hall–Kier alpha value is -1.88. The molecular weight excluding hydrogens is 282 g/mol. The van der Waals surface area contributed by atoms with Crippen LogP contribution in [0.3, 0.4) is 0 Å². The Morgan fingerprint density at radius 2 is 1.95 bits per heavy atom. The van der Waals surface area contributed by atoms with Crippen LogP contribution in [0.2, 0.25) is 0 Å². The van der Waals surface area contributed by atoms with Gasteiger partial charge in [-0.1, -0.05) is 12.1 Å².